The SMILES string of the molecule is CCC(=O)/C=C/C1CCCN1C.CCC(=O)/C=C/CN(C)C.CN(C)C. The Hall–Kier alpha value is -1.30. The summed E-state index contributed by atoms with van der Waals surface area (Å²) in [6.45, 7) is 5.76. The van der Waals surface area contributed by atoms with E-state index in [4.69, 9.17) is 0 Å². The van der Waals surface area contributed by atoms with Gasteiger partial charge in [-0.1, -0.05) is 26.0 Å². The molecule has 1 heterocycles. The van der Waals surface area contributed by atoms with Crippen LogP contribution in [0.1, 0.15) is 39.5 Å². The standard InChI is InChI=1S/C10H17NO.C8H15NO.C3H9N/c1-3-10(12)7-6-9-5-4-8-11(9)2;1-4-8(10)6-5-7-9(2)3;1-4(2)3/h6-7,9H,3-5,8H2,1-2H3;5-6H,4,7H2,1-3H3;1-3H3/b7-6+;6-5+;. The molecule has 0 spiro atoms. The Balaban J connectivity index is 0. The van der Waals surface area contributed by atoms with Crippen LogP contribution in [0.5, 0.6) is 0 Å². The van der Waals surface area contributed by atoms with Crippen molar-refractivity contribution in [3.05, 3.63) is 24.3 Å². The van der Waals surface area contributed by atoms with Crippen LogP contribution in [0.25, 0.3) is 0 Å². The monoisotopic (exact) mass is 367 g/mol. The molecule has 26 heavy (non-hydrogen) atoms. The largest absolute Gasteiger partial charge is 0.312 e. The summed E-state index contributed by atoms with van der Waals surface area (Å²) in [5.41, 5.74) is 0. The zero-order valence-corrected chi connectivity index (χ0v) is 18.3. The molecule has 0 saturated carbocycles. The Labute approximate surface area is 161 Å². The molecule has 0 aromatic rings. The van der Waals surface area contributed by atoms with Crippen LogP contribution < -0.4 is 0 Å². The maximum atomic E-state index is 11.0. The van der Waals surface area contributed by atoms with Gasteiger partial charge >= 0.3 is 0 Å². The van der Waals surface area contributed by atoms with Gasteiger partial charge in [-0.3, -0.25) is 14.5 Å². The van der Waals surface area contributed by atoms with Crippen LogP contribution in [0.3, 0.4) is 0 Å². The molecule has 0 aromatic heterocycles. The van der Waals surface area contributed by atoms with Crippen molar-refractivity contribution in [3.63, 3.8) is 0 Å². The first kappa shape index (κ1) is 26.9. The number of carbonyl (C=O) groups excluding carboxylic acids is 2. The number of rotatable bonds is 7. The topological polar surface area (TPSA) is 43.9 Å². The molecule has 1 aliphatic rings. The van der Waals surface area contributed by atoms with Crippen LogP contribution >= 0.6 is 0 Å². The van der Waals surface area contributed by atoms with Crippen molar-refractivity contribution >= 4 is 11.6 Å². The molecule has 1 atom stereocenters. The Bertz CT molecular complexity index is 426. The molecule has 1 fully saturated rings. The van der Waals surface area contributed by atoms with Gasteiger partial charge in [0.05, 0.1) is 0 Å². The first-order valence-electron chi connectivity index (χ1n) is 9.50. The van der Waals surface area contributed by atoms with Crippen LogP contribution in [0.2, 0.25) is 0 Å². The third kappa shape index (κ3) is 19.0. The fourth-order valence-electron chi connectivity index (χ4n) is 2.03. The van der Waals surface area contributed by atoms with E-state index in [9.17, 15) is 9.59 Å². The lowest BCUT2D eigenvalue weighted by molar-refractivity contribution is -0.115. The molecule has 1 rings (SSSR count). The van der Waals surface area contributed by atoms with Crippen molar-refractivity contribution in [2.24, 2.45) is 0 Å². The molecule has 1 saturated heterocycles. The Morgan fingerprint density at radius 1 is 1.00 bits per heavy atom. The third-order valence-electron chi connectivity index (χ3n) is 3.55. The second-order valence-electron chi connectivity index (χ2n) is 7.20. The van der Waals surface area contributed by atoms with Crippen LogP contribution in [-0.4, -0.2) is 87.7 Å². The minimum absolute atomic E-state index is 0.196. The summed E-state index contributed by atoms with van der Waals surface area (Å²) in [4.78, 5) is 28.0. The highest BCUT2D eigenvalue weighted by Gasteiger charge is 2.17. The van der Waals surface area contributed by atoms with Gasteiger partial charge < -0.3 is 9.80 Å². The summed E-state index contributed by atoms with van der Waals surface area (Å²) >= 11 is 0. The summed E-state index contributed by atoms with van der Waals surface area (Å²) in [6, 6.07) is 0.500. The lowest BCUT2D eigenvalue weighted by Crippen LogP contribution is -2.22. The first-order chi connectivity index (χ1) is 12.1. The van der Waals surface area contributed by atoms with E-state index in [1.54, 1.807) is 12.2 Å². The summed E-state index contributed by atoms with van der Waals surface area (Å²) in [7, 11) is 12.1. The molecule has 1 unspecified atom stereocenters. The average Bonchev–Trinajstić information content (AvgIpc) is 2.97. The quantitative estimate of drug-likeness (QED) is 0.648. The molecule has 0 aliphatic carbocycles. The fourth-order valence-corrected chi connectivity index (χ4v) is 2.03. The van der Waals surface area contributed by atoms with Crippen LogP contribution in [0, 0.1) is 0 Å². The second-order valence-corrected chi connectivity index (χ2v) is 7.20. The van der Waals surface area contributed by atoms with Gasteiger partial charge in [-0.05, 0) is 73.8 Å². The van der Waals surface area contributed by atoms with E-state index in [1.807, 2.05) is 71.0 Å². The summed E-state index contributed by atoms with van der Waals surface area (Å²) in [5, 5.41) is 0. The third-order valence-corrected chi connectivity index (χ3v) is 3.55. The predicted molar refractivity (Wildman–Crippen MR) is 113 cm³/mol. The van der Waals surface area contributed by atoms with Crippen LogP contribution in [0.15, 0.2) is 24.3 Å². The van der Waals surface area contributed by atoms with Crippen molar-refractivity contribution in [1.29, 1.82) is 0 Å². The molecular formula is C21H41N3O2. The highest BCUT2D eigenvalue weighted by atomic mass is 16.1. The van der Waals surface area contributed by atoms with Gasteiger partial charge in [-0.2, -0.15) is 0 Å². The van der Waals surface area contributed by atoms with E-state index in [1.165, 1.54) is 12.8 Å². The van der Waals surface area contributed by atoms with Gasteiger partial charge in [0.2, 0.25) is 0 Å². The summed E-state index contributed by atoms with van der Waals surface area (Å²) in [6.07, 6.45) is 11.0. The number of carbonyl (C=O) groups is 2. The average molecular weight is 368 g/mol. The maximum absolute atomic E-state index is 11.0. The lowest BCUT2D eigenvalue weighted by atomic mass is 10.2. The van der Waals surface area contributed by atoms with Crippen molar-refractivity contribution in [3.8, 4) is 0 Å². The van der Waals surface area contributed by atoms with Gasteiger partial charge in [0.1, 0.15) is 0 Å². The molecule has 5 nitrogen and oxygen atoms in total. The molecule has 0 aromatic carbocycles. The zero-order valence-electron chi connectivity index (χ0n) is 18.3. The Morgan fingerprint density at radius 2 is 1.50 bits per heavy atom. The van der Waals surface area contributed by atoms with Gasteiger partial charge in [0, 0.05) is 25.4 Å². The van der Waals surface area contributed by atoms with E-state index in [0.717, 1.165) is 13.1 Å². The lowest BCUT2D eigenvalue weighted by Gasteiger charge is -2.14. The zero-order chi connectivity index (χ0) is 20.5. The van der Waals surface area contributed by atoms with Gasteiger partial charge in [-0.25, -0.2) is 0 Å². The highest BCUT2D eigenvalue weighted by Crippen LogP contribution is 2.15. The maximum Gasteiger partial charge on any atom is 0.155 e. The number of hydrogen-bond acceptors (Lipinski definition) is 5. The van der Waals surface area contributed by atoms with E-state index < -0.39 is 0 Å². The summed E-state index contributed by atoms with van der Waals surface area (Å²) < 4.78 is 0. The molecule has 0 bridgehead atoms. The highest BCUT2D eigenvalue weighted by molar-refractivity contribution is 5.89. The van der Waals surface area contributed by atoms with Crippen molar-refractivity contribution in [2.75, 3.05) is 55.4 Å². The predicted octanol–water partition coefficient (Wildman–Crippen LogP) is 2.88. The molecule has 1 aliphatic heterocycles. The number of hydrogen-bond donors (Lipinski definition) is 0. The second kappa shape index (κ2) is 17.1. The van der Waals surface area contributed by atoms with Gasteiger partial charge in [0.15, 0.2) is 11.6 Å². The minimum Gasteiger partial charge on any atom is -0.312 e. The number of ketones is 2. The van der Waals surface area contributed by atoms with E-state index in [-0.39, 0.29) is 11.6 Å². The number of allylic oxidation sites excluding steroid dienone is 2. The molecular weight excluding hydrogens is 326 g/mol. The molecule has 5 heteroatoms. The van der Waals surface area contributed by atoms with Gasteiger partial charge in [-0.15, -0.1) is 0 Å². The van der Waals surface area contributed by atoms with E-state index in [0.29, 0.717) is 18.9 Å². The minimum atomic E-state index is 0.196. The van der Waals surface area contributed by atoms with Crippen molar-refractivity contribution in [2.45, 2.75) is 45.6 Å². The number of nitrogens with zero attached hydrogens (tertiary/aromatic N) is 3. The van der Waals surface area contributed by atoms with E-state index in [2.05, 4.69) is 11.9 Å². The Morgan fingerprint density at radius 3 is 1.88 bits per heavy atom. The van der Waals surface area contributed by atoms with Crippen molar-refractivity contribution < 1.29 is 9.59 Å². The molecule has 0 N–H and O–H groups in total. The first-order valence-corrected chi connectivity index (χ1v) is 9.50. The molecule has 0 radical (unpaired) electrons. The van der Waals surface area contributed by atoms with E-state index >= 15 is 0 Å². The molecule has 152 valence electrons. The molecule has 0 amide bonds. The fraction of sp³-hybridized carbons (Fsp3) is 0.714. The normalized spacial score (nSPS) is 17.4. The van der Waals surface area contributed by atoms with Crippen molar-refractivity contribution in [1.82, 2.24) is 14.7 Å². The smallest absolute Gasteiger partial charge is 0.155 e. The number of likely N-dealkylation sites (tertiary alicyclic amines) is 1. The number of likely N-dealkylation sites (N-methyl/N-ethyl adjacent to an activating group) is 2. The van der Waals surface area contributed by atoms with Crippen LogP contribution in [0.4, 0.5) is 0 Å². The summed E-state index contributed by atoms with van der Waals surface area (Å²) in [5.74, 6) is 0.428. The Kier molecular flexibility index (Phi) is 17.7. The van der Waals surface area contributed by atoms with Crippen LogP contribution in [-0.2, 0) is 9.59 Å². The van der Waals surface area contributed by atoms with Gasteiger partial charge in [0.25, 0.3) is 0 Å².